The molecule has 1 amide bonds. The van der Waals surface area contributed by atoms with Gasteiger partial charge in [-0.1, -0.05) is 0 Å². The molecule has 92 valence electrons. The largest absolute Gasteiger partial charge is 0.481 e. The predicted octanol–water partition coefficient (Wildman–Crippen LogP) is 0.764. The van der Waals surface area contributed by atoms with E-state index in [1.54, 1.807) is 19.9 Å². The molecule has 0 saturated heterocycles. The monoisotopic (exact) mass is 237 g/mol. The molecular weight excluding hydrogens is 222 g/mol. The van der Waals surface area contributed by atoms with Crippen molar-refractivity contribution in [1.82, 2.24) is 4.98 Å². The highest BCUT2D eigenvalue weighted by Gasteiger charge is 2.15. The third-order valence-electron chi connectivity index (χ3n) is 2.27. The molecule has 0 saturated carbocycles. The number of carboxylic acids is 1. The molecule has 17 heavy (non-hydrogen) atoms. The first kappa shape index (κ1) is 13.0. The lowest BCUT2D eigenvalue weighted by Crippen LogP contribution is -2.23. The molecule has 0 fully saturated rings. The second-order valence-corrected chi connectivity index (χ2v) is 3.86. The summed E-state index contributed by atoms with van der Waals surface area (Å²) in [5, 5.41) is 11.5. The van der Waals surface area contributed by atoms with Gasteiger partial charge in [0.15, 0.2) is 0 Å². The van der Waals surface area contributed by atoms with E-state index in [1.165, 1.54) is 6.20 Å². The fraction of sp³-hybridized carbons (Fsp3) is 0.364. The van der Waals surface area contributed by atoms with Crippen LogP contribution in [0, 0.1) is 6.92 Å². The molecule has 0 radical (unpaired) electrons. The number of aromatic nitrogens is 1. The number of nitrogens with two attached hydrogens (primary N) is 1. The minimum atomic E-state index is -0.918. The molecule has 0 aliphatic carbocycles. The summed E-state index contributed by atoms with van der Waals surface area (Å²) in [7, 11) is 0. The average molecular weight is 237 g/mol. The summed E-state index contributed by atoms with van der Waals surface area (Å²) in [6.07, 6.45) is 1.48. The summed E-state index contributed by atoms with van der Waals surface area (Å²) in [6.45, 7) is 3.44. The maximum Gasteiger partial charge on any atom is 0.305 e. The number of nitrogens with one attached hydrogen (secondary N) is 1. The Labute approximate surface area is 98.8 Å². The maximum absolute atomic E-state index is 11.3. The summed E-state index contributed by atoms with van der Waals surface area (Å²) in [6, 6.07) is 1.34. The molecule has 1 atom stereocenters. The third-order valence-corrected chi connectivity index (χ3v) is 2.27. The van der Waals surface area contributed by atoms with E-state index >= 15 is 0 Å². The molecule has 0 bridgehead atoms. The minimum absolute atomic E-state index is 0.0617. The van der Waals surface area contributed by atoms with Crippen molar-refractivity contribution in [2.45, 2.75) is 26.3 Å². The number of rotatable bonds is 5. The van der Waals surface area contributed by atoms with Crippen LogP contribution < -0.4 is 11.1 Å². The lowest BCUT2D eigenvalue weighted by molar-refractivity contribution is -0.137. The SMILES string of the molecule is Cc1ccnc(NC(C)CC(=O)O)c1C(N)=O. The second kappa shape index (κ2) is 5.29. The summed E-state index contributed by atoms with van der Waals surface area (Å²) in [5.74, 6) is -1.18. The van der Waals surface area contributed by atoms with Crippen LogP contribution in [-0.2, 0) is 4.79 Å². The van der Waals surface area contributed by atoms with Gasteiger partial charge in [0.1, 0.15) is 5.82 Å². The average Bonchev–Trinajstić information content (AvgIpc) is 2.15. The zero-order valence-corrected chi connectivity index (χ0v) is 9.73. The summed E-state index contributed by atoms with van der Waals surface area (Å²) >= 11 is 0. The Bertz CT molecular complexity index is 446. The number of primary amides is 1. The second-order valence-electron chi connectivity index (χ2n) is 3.86. The zero-order valence-electron chi connectivity index (χ0n) is 9.73. The van der Waals surface area contributed by atoms with E-state index < -0.39 is 11.9 Å². The first-order valence-electron chi connectivity index (χ1n) is 5.15. The standard InChI is InChI=1S/C11H15N3O3/c1-6-3-4-13-11(9(6)10(12)17)14-7(2)5-8(15)16/h3-4,7H,5H2,1-2H3,(H2,12,17)(H,13,14)(H,15,16). The lowest BCUT2D eigenvalue weighted by atomic mass is 10.1. The number of aryl methyl sites for hydroxylation is 1. The Morgan fingerprint density at radius 1 is 1.59 bits per heavy atom. The van der Waals surface area contributed by atoms with Gasteiger partial charge in [0, 0.05) is 12.2 Å². The summed E-state index contributed by atoms with van der Waals surface area (Å²) in [5.41, 5.74) is 6.26. The van der Waals surface area contributed by atoms with Crippen molar-refractivity contribution in [2.24, 2.45) is 5.73 Å². The number of carboxylic acid groups (broad SMARTS) is 1. The number of hydrogen-bond acceptors (Lipinski definition) is 4. The molecule has 1 aromatic rings. The van der Waals surface area contributed by atoms with E-state index in [1.807, 2.05) is 0 Å². The van der Waals surface area contributed by atoms with Gasteiger partial charge in [-0.2, -0.15) is 0 Å². The maximum atomic E-state index is 11.3. The van der Waals surface area contributed by atoms with Crippen LogP contribution in [-0.4, -0.2) is 28.0 Å². The van der Waals surface area contributed by atoms with Crippen LogP contribution in [0.25, 0.3) is 0 Å². The molecule has 1 unspecified atom stereocenters. The van der Waals surface area contributed by atoms with Crippen LogP contribution >= 0.6 is 0 Å². The minimum Gasteiger partial charge on any atom is -0.481 e. The molecule has 0 aliphatic rings. The number of hydrogen-bond donors (Lipinski definition) is 3. The normalized spacial score (nSPS) is 11.9. The number of anilines is 1. The van der Waals surface area contributed by atoms with Crippen molar-refractivity contribution < 1.29 is 14.7 Å². The van der Waals surface area contributed by atoms with Crippen LogP contribution in [0.4, 0.5) is 5.82 Å². The van der Waals surface area contributed by atoms with Crippen LogP contribution in [0.15, 0.2) is 12.3 Å². The van der Waals surface area contributed by atoms with Crippen molar-refractivity contribution in [3.05, 3.63) is 23.4 Å². The molecule has 6 heteroatoms. The Hall–Kier alpha value is -2.11. The highest BCUT2D eigenvalue weighted by Crippen LogP contribution is 2.17. The van der Waals surface area contributed by atoms with Gasteiger partial charge in [0.2, 0.25) is 0 Å². The van der Waals surface area contributed by atoms with E-state index in [4.69, 9.17) is 10.8 Å². The van der Waals surface area contributed by atoms with Gasteiger partial charge in [-0.3, -0.25) is 9.59 Å². The molecule has 1 rings (SSSR count). The molecule has 4 N–H and O–H groups in total. The van der Waals surface area contributed by atoms with Gasteiger partial charge in [0.25, 0.3) is 5.91 Å². The van der Waals surface area contributed by atoms with Crippen LogP contribution in [0.3, 0.4) is 0 Å². The molecule has 0 aliphatic heterocycles. The number of carbonyl (C=O) groups is 2. The van der Waals surface area contributed by atoms with E-state index in [2.05, 4.69) is 10.3 Å². The van der Waals surface area contributed by atoms with Crippen molar-refractivity contribution in [3.8, 4) is 0 Å². The van der Waals surface area contributed by atoms with Gasteiger partial charge in [-0.05, 0) is 25.5 Å². The first-order valence-corrected chi connectivity index (χ1v) is 5.15. The highest BCUT2D eigenvalue weighted by molar-refractivity contribution is 5.99. The van der Waals surface area contributed by atoms with Gasteiger partial charge in [-0.25, -0.2) is 4.98 Å². The number of amides is 1. The van der Waals surface area contributed by atoms with Crippen molar-refractivity contribution in [2.75, 3.05) is 5.32 Å². The quantitative estimate of drug-likeness (QED) is 0.701. The van der Waals surface area contributed by atoms with Crippen LogP contribution in [0.2, 0.25) is 0 Å². The predicted molar refractivity (Wildman–Crippen MR) is 62.8 cm³/mol. The van der Waals surface area contributed by atoms with E-state index in [0.29, 0.717) is 16.9 Å². The van der Waals surface area contributed by atoms with Gasteiger partial charge in [-0.15, -0.1) is 0 Å². The van der Waals surface area contributed by atoms with Crippen molar-refractivity contribution >= 4 is 17.7 Å². The smallest absolute Gasteiger partial charge is 0.305 e. The van der Waals surface area contributed by atoms with Crippen molar-refractivity contribution in [3.63, 3.8) is 0 Å². The molecular formula is C11H15N3O3. The summed E-state index contributed by atoms with van der Waals surface area (Å²) in [4.78, 5) is 25.8. The van der Waals surface area contributed by atoms with Gasteiger partial charge >= 0.3 is 5.97 Å². The fourth-order valence-electron chi connectivity index (χ4n) is 1.53. The van der Waals surface area contributed by atoms with Gasteiger partial charge in [0.05, 0.1) is 12.0 Å². The number of carbonyl (C=O) groups excluding carboxylic acids is 1. The van der Waals surface area contributed by atoms with Gasteiger partial charge < -0.3 is 16.2 Å². The summed E-state index contributed by atoms with van der Waals surface area (Å²) < 4.78 is 0. The fourth-order valence-corrected chi connectivity index (χ4v) is 1.53. The van der Waals surface area contributed by atoms with Crippen LogP contribution in [0.1, 0.15) is 29.3 Å². The topological polar surface area (TPSA) is 105 Å². The lowest BCUT2D eigenvalue weighted by Gasteiger charge is -2.15. The Kier molecular flexibility index (Phi) is 4.03. The third kappa shape index (κ3) is 3.44. The Morgan fingerprint density at radius 3 is 2.76 bits per heavy atom. The first-order chi connectivity index (χ1) is 7.91. The van der Waals surface area contributed by atoms with E-state index in [-0.39, 0.29) is 12.5 Å². The molecule has 0 aromatic carbocycles. The molecule has 1 heterocycles. The zero-order chi connectivity index (χ0) is 13.0. The van der Waals surface area contributed by atoms with E-state index in [9.17, 15) is 9.59 Å². The Morgan fingerprint density at radius 2 is 2.24 bits per heavy atom. The Balaban J connectivity index is 2.94. The van der Waals surface area contributed by atoms with Crippen LogP contribution in [0.5, 0.6) is 0 Å². The molecule has 6 nitrogen and oxygen atoms in total. The van der Waals surface area contributed by atoms with Crippen molar-refractivity contribution in [1.29, 1.82) is 0 Å². The molecule has 0 spiro atoms. The highest BCUT2D eigenvalue weighted by atomic mass is 16.4. The number of pyridine rings is 1. The number of nitrogens with zero attached hydrogens (tertiary/aromatic N) is 1. The van der Waals surface area contributed by atoms with E-state index in [0.717, 1.165) is 0 Å². The number of aliphatic carboxylic acids is 1. The molecule has 1 aromatic heterocycles.